The van der Waals surface area contributed by atoms with Gasteiger partial charge in [0.1, 0.15) is 0 Å². The van der Waals surface area contributed by atoms with E-state index in [1.165, 1.54) is 0 Å². The number of carbonyl (C=O) groups is 1. The molecule has 0 aliphatic carbocycles. The number of para-hydroxylation sites is 1. The molecule has 2 heterocycles. The first-order valence-corrected chi connectivity index (χ1v) is 9.81. The molecule has 0 unspecified atom stereocenters. The molecule has 150 valence electrons. The van der Waals surface area contributed by atoms with Gasteiger partial charge in [-0.25, -0.2) is 0 Å². The largest absolute Gasteiger partial charge is 0.493 e. The molecule has 0 saturated heterocycles. The summed E-state index contributed by atoms with van der Waals surface area (Å²) < 4.78 is 12.8. The van der Waals surface area contributed by atoms with E-state index < -0.39 is 0 Å². The molecule has 0 atom stereocenters. The minimum absolute atomic E-state index is 0.0836. The Morgan fingerprint density at radius 1 is 1.07 bits per heavy atom. The van der Waals surface area contributed by atoms with Crippen molar-refractivity contribution in [2.75, 3.05) is 20.8 Å². The van der Waals surface area contributed by atoms with Crippen molar-refractivity contribution in [3.05, 3.63) is 64.8 Å². The molecule has 29 heavy (non-hydrogen) atoms. The van der Waals surface area contributed by atoms with Gasteiger partial charge in [-0.2, -0.15) is 5.10 Å². The molecule has 6 nitrogen and oxygen atoms in total. The highest BCUT2D eigenvalue weighted by molar-refractivity contribution is 6.30. The molecule has 3 aromatic rings. The first-order chi connectivity index (χ1) is 14.1. The number of fused-ring (bicyclic) bond motifs is 1. The van der Waals surface area contributed by atoms with E-state index in [4.69, 9.17) is 26.2 Å². The summed E-state index contributed by atoms with van der Waals surface area (Å²) in [5.74, 6) is 0.915. The maximum Gasteiger partial charge on any atom is 0.258 e. The van der Waals surface area contributed by atoms with Crippen LogP contribution in [0.3, 0.4) is 0 Å². The lowest BCUT2D eigenvalue weighted by Crippen LogP contribution is -2.31. The number of benzene rings is 2. The normalized spacial score (nSPS) is 13.6. The molecule has 0 N–H and O–H groups in total. The Morgan fingerprint density at radius 3 is 2.66 bits per heavy atom. The zero-order valence-corrected chi connectivity index (χ0v) is 17.1. The second-order valence-corrected chi connectivity index (χ2v) is 7.31. The van der Waals surface area contributed by atoms with E-state index in [9.17, 15) is 4.79 Å². The number of aromatic nitrogens is 2. The van der Waals surface area contributed by atoms with Gasteiger partial charge in [-0.15, -0.1) is 0 Å². The van der Waals surface area contributed by atoms with Crippen LogP contribution in [0.25, 0.3) is 11.3 Å². The van der Waals surface area contributed by atoms with E-state index in [1.54, 1.807) is 32.4 Å². The first kappa shape index (κ1) is 19.3. The molecule has 1 aliphatic rings. The Morgan fingerprint density at radius 2 is 1.90 bits per heavy atom. The summed E-state index contributed by atoms with van der Waals surface area (Å²) in [6.07, 6.45) is 0.821. The van der Waals surface area contributed by atoms with Crippen LogP contribution in [-0.2, 0) is 13.1 Å². The molecule has 0 spiro atoms. The van der Waals surface area contributed by atoms with Crippen LogP contribution in [-0.4, -0.2) is 41.4 Å². The zero-order chi connectivity index (χ0) is 20.4. The maximum absolute atomic E-state index is 13.3. The Labute approximate surface area is 174 Å². The second-order valence-electron chi connectivity index (χ2n) is 6.88. The molecule has 0 fully saturated rings. The smallest absolute Gasteiger partial charge is 0.258 e. The number of carbonyl (C=O) groups excluding carboxylic acids is 1. The van der Waals surface area contributed by atoms with E-state index >= 15 is 0 Å². The van der Waals surface area contributed by atoms with Crippen LogP contribution in [0.2, 0.25) is 5.02 Å². The van der Waals surface area contributed by atoms with E-state index in [2.05, 4.69) is 0 Å². The lowest BCUT2D eigenvalue weighted by molar-refractivity contribution is 0.0741. The van der Waals surface area contributed by atoms with Crippen LogP contribution < -0.4 is 9.47 Å². The van der Waals surface area contributed by atoms with Gasteiger partial charge in [0, 0.05) is 23.7 Å². The lowest BCUT2D eigenvalue weighted by atomic mass is 10.1. The van der Waals surface area contributed by atoms with Crippen LogP contribution in [0.5, 0.6) is 11.5 Å². The number of rotatable bonds is 4. The van der Waals surface area contributed by atoms with Crippen LogP contribution in [0.15, 0.2) is 48.5 Å². The van der Waals surface area contributed by atoms with Crippen molar-refractivity contribution in [2.45, 2.75) is 19.5 Å². The van der Waals surface area contributed by atoms with Gasteiger partial charge in [-0.05, 0) is 36.8 Å². The molecule has 7 heteroatoms. The maximum atomic E-state index is 13.3. The highest BCUT2D eigenvalue weighted by atomic mass is 35.5. The fourth-order valence-electron chi connectivity index (χ4n) is 3.65. The minimum atomic E-state index is -0.0836. The monoisotopic (exact) mass is 411 g/mol. The molecular weight excluding hydrogens is 390 g/mol. The van der Waals surface area contributed by atoms with Crippen molar-refractivity contribution in [2.24, 2.45) is 0 Å². The highest BCUT2D eigenvalue weighted by Gasteiger charge is 2.25. The molecule has 1 aliphatic heterocycles. The van der Waals surface area contributed by atoms with Crippen LogP contribution >= 0.6 is 11.6 Å². The summed E-state index contributed by atoms with van der Waals surface area (Å²) in [6, 6.07) is 15.0. The van der Waals surface area contributed by atoms with E-state index in [1.807, 2.05) is 39.9 Å². The van der Waals surface area contributed by atoms with Gasteiger partial charge < -0.3 is 14.4 Å². The van der Waals surface area contributed by atoms with Crippen molar-refractivity contribution in [1.29, 1.82) is 0 Å². The molecular formula is C22H22ClN3O3. The first-order valence-electron chi connectivity index (χ1n) is 9.43. The number of halogens is 1. The summed E-state index contributed by atoms with van der Waals surface area (Å²) in [4.78, 5) is 15.1. The van der Waals surface area contributed by atoms with Gasteiger partial charge in [0.25, 0.3) is 5.91 Å². The van der Waals surface area contributed by atoms with E-state index in [0.29, 0.717) is 35.2 Å². The number of hydrogen-bond acceptors (Lipinski definition) is 4. The van der Waals surface area contributed by atoms with Crippen LogP contribution in [0, 0.1) is 0 Å². The molecule has 0 bridgehead atoms. The summed E-state index contributed by atoms with van der Waals surface area (Å²) in [5.41, 5.74) is 3.31. The topological polar surface area (TPSA) is 56.6 Å². The molecule has 4 rings (SSSR count). The molecule has 0 radical (unpaired) electrons. The number of amides is 1. The highest BCUT2D eigenvalue weighted by Crippen LogP contribution is 2.32. The fraction of sp³-hybridized carbons (Fsp3) is 0.273. The van der Waals surface area contributed by atoms with Crippen molar-refractivity contribution in [1.82, 2.24) is 14.7 Å². The van der Waals surface area contributed by atoms with Gasteiger partial charge in [0.15, 0.2) is 11.5 Å². The Bertz CT molecular complexity index is 1050. The standard InChI is InChI=1S/C22H22ClN3O3/c1-28-20-9-4-8-18(21(20)29-2)22(27)25-10-5-11-26-17(14-25)13-19(24-26)15-6-3-7-16(23)12-15/h3-4,6-9,12-13H,5,10-11,14H2,1-2H3. The Hall–Kier alpha value is -2.99. The van der Waals surface area contributed by atoms with Crippen molar-refractivity contribution >= 4 is 17.5 Å². The zero-order valence-electron chi connectivity index (χ0n) is 16.4. The molecule has 1 aromatic heterocycles. The third kappa shape index (κ3) is 3.80. The van der Waals surface area contributed by atoms with E-state index in [-0.39, 0.29) is 5.91 Å². The fourth-order valence-corrected chi connectivity index (χ4v) is 3.84. The minimum Gasteiger partial charge on any atom is -0.493 e. The lowest BCUT2D eigenvalue weighted by Gasteiger charge is -2.22. The van der Waals surface area contributed by atoms with Crippen LogP contribution in [0.1, 0.15) is 22.5 Å². The SMILES string of the molecule is COc1cccc(C(=O)N2CCCn3nc(-c4cccc(Cl)c4)cc3C2)c1OC. The number of methoxy groups -OCH3 is 2. The van der Waals surface area contributed by atoms with Crippen molar-refractivity contribution in [3.8, 4) is 22.8 Å². The van der Waals surface area contributed by atoms with Crippen LogP contribution in [0.4, 0.5) is 0 Å². The molecule has 0 saturated carbocycles. The van der Waals surface area contributed by atoms with Gasteiger partial charge in [-0.1, -0.05) is 29.8 Å². The van der Waals surface area contributed by atoms with Gasteiger partial charge in [0.05, 0.1) is 37.7 Å². The molecule has 1 amide bonds. The summed E-state index contributed by atoms with van der Waals surface area (Å²) >= 11 is 6.12. The summed E-state index contributed by atoms with van der Waals surface area (Å²) in [7, 11) is 3.11. The Balaban J connectivity index is 1.63. The quantitative estimate of drug-likeness (QED) is 0.643. The van der Waals surface area contributed by atoms with Crippen molar-refractivity contribution < 1.29 is 14.3 Å². The third-order valence-corrected chi connectivity index (χ3v) is 5.29. The number of ether oxygens (including phenoxy) is 2. The average molecular weight is 412 g/mol. The van der Waals surface area contributed by atoms with Crippen molar-refractivity contribution in [3.63, 3.8) is 0 Å². The summed E-state index contributed by atoms with van der Waals surface area (Å²) in [6.45, 7) is 1.89. The predicted molar refractivity (Wildman–Crippen MR) is 112 cm³/mol. The third-order valence-electron chi connectivity index (χ3n) is 5.06. The van der Waals surface area contributed by atoms with Gasteiger partial charge >= 0.3 is 0 Å². The van der Waals surface area contributed by atoms with Gasteiger partial charge in [0.2, 0.25) is 0 Å². The van der Waals surface area contributed by atoms with Gasteiger partial charge in [-0.3, -0.25) is 9.48 Å². The summed E-state index contributed by atoms with van der Waals surface area (Å²) in [5, 5.41) is 5.40. The number of hydrogen-bond donors (Lipinski definition) is 0. The predicted octanol–water partition coefficient (Wildman–Crippen LogP) is 4.27. The molecule has 2 aromatic carbocycles. The Kier molecular flexibility index (Phi) is 5.45. The second kappa shape index (κ2) is 8.17. The number of nitrogens with zero attached hydrogens (tertiary/aromatic N) is 3. The van der Waals surface area contributed by atoms with E-state index in [0.717, 1.165) is 29.9 Å². The average Bonchev–Trinajstić information content (AvgIpc) is 3.04. The number of aryl methyl sites for hydroxylation is 1.